The Labute approximate surface area is 186 Å². The Morgan fingerprint density at radius 3 is 2.55 bits per heavy atom. The van der Waals surface area contributed by atoms with Crippen molar-refractivity contribution in [1.82, 2.24) is 14.8 Å². The highest BCUT2D eigenvalue weighted by atomic mass is 32.2. The summed E-state index contributed by atoms with van der Waals surface area (Å²) < 4.78 is 16.4. The number of carbonyl (C=O) groups is 1. The summed E-state index contributed by atoms with van der Waals surface area (Å²) in [5.41, 5.74) is 3.48. The molecule has 1 heterocycles. The van der Waals surface area contributed by atoms with E-state index >= 15 is 0 Å². The molecule has 1 fully saturated rings. The minimum atomic E-state index is -0.380. The fraction of sp³-hybridized carbons (Fsp3) is 0.375. The van der Waals surface area contributed by atoms with Crippen LogP contribution >= 0.6 is 11.8 Å². The van der Waals surface area contributed by atoms with Crippen LogP contribution in [0.3, 0.4) is 0 Å². The van der Waals surface area contributed by atoms with E-state index < -0.39 is 0 Å². The molecule has 0 aliphatic heterocycles. The molecule has 1 aliphatic rings. The van der Waals surface area contributed by atoms with E-state index in [0.29, 0.717) is 22.5 Å². The Kier molecular flexibility index (Phi) is 6.14. The molecule has 0 spiro atoms. The van der Waals surface area contributed by atoms with Crippen LogP contribution in [0.1, 0.15) is 56.7 Å². The highest BCUT2D eigenvalue weighted by Crippen LogP contribution is 2.42. The van der Waals surface area contributed by atoms with Gasteiger partial charge in [-0.1, -0.05) is 55.9 Å². The molecule has 0 bridgehead atoms. The van der Waals surface area contributed by atoms with Crippen molar-refractivity contribution >= 4 is 23.4 Å². The first-order chi connectivity index (χ1) is 14.9. The van der Waals surface area contributed by atoms with Crippen molar-refractivity contribution in [3.8, 4) is 11.4 Å². The molecule has 2 aromatic carbocycles. The fourth-order valence-corrected chi connectivity index (χ4v) is 4.54. The second kappa shape index (κ2) is 8.83. The monoisotopic (exact) mass is 438 g/mol. The van der Waals surface area contributed by atoms with Crippen molar-refractivity contribution in [2.24, 2.45) is 0 Å². The zero-order valence-corrected chi connectivity index (χ0v) is 19.0. The van der Waals surface area contributed by atoms with Crippen molar-refractivity contribution in [2.45, 2.75) is 62.9 Å². The molecule has 1 unspecified atom stereocenters. The number of carbonyl (C=O) groups excluding carboxylic acids is 1. The number of aryl methyl sites for hydroxylation is 1. The Hall–Kier alpha value is -2.67. The zero-order chi connectivity index (χ0) is 22.1. The van der Waals surface area contributed by atoms with Gasteiger partial charge in [-0.2, -0.15) is 0 Å². The van der Waals surface area contributed by atoms with Crippen LogP contribution in [-0.4, -0.2) is 25.9 Å². The predicted octanol–water partition coefficient (Wildman–Crippen LogP) is 5.97. The number of para-hydroxylation sites is 1. The third-order valence-electron chi connectivity index (χ3n) is 5.52. The lowest BCUT2D eigenvalue weighted by Crippen LogP contribution is -2.24. The SMILES string of the molecule is Cc1cccc(C(C)C)c1NC(=O)C(C)Sc1nnc(-c2ccccc2F)n1C1CC1. The molecule has 31 heavy (non-hydrogen) atoms. The van der Waals surface area contributed by atoms with Gasteiger partial charge in [0.25, 0.3) is 0 Å². The summed E-state index contributed by atoms with van der Waals surface area (Å²) in [4.78, 5) is 13.0. The van der Waals surface area contributed by atoms with Gasteiger partial charge in [0.1, 0.15) is 5.82 Å². The first kappa shape index (κ1) is 21.6. The van der Waals surface area contributed by atoms with E-state index in [4.69, 9.17) is 0 Å². The highest BCUT2D eigenvalue weighted by Gasteiger charge is 2.32. The van der Waals surface area contributed by atoms with E-state index in [-0.39, 0.29) is 23.0 Å². The number of rotatable bonds is 7. The van der Waals surface area contributed by atoms with Gasteiger partial charge in [-0.3, -0.25) is 9.36 Å². The first-order valence-electron chi connectivity index (χ1n) is 10.6. The molecule has 1 amide bonds. The van der Waals surface area contributed by atoms with Crippen LogP contribution in [-0.2, 0) is 4.79 Å². The maximum absolute atomic E-state index is 14.4. The van der Waals surface area contributed by atoms with E-state index in [9.17, 15) is 9.18 Å². The summed E-state index contributed by atoms with van der Waals surface area (Å²) in [6.45, 7) is 8.10. The number of amides is 1. The largest absolute Gasteiger partial charge is 0.325 e. The van der Waals surface area contributed by atoms with Crippen LogP contribution in [0, 0.1) is 12.7 Å². The molecule has 0 saturated heterocycles. The van der Waals surface area contributed by atoms with Crippen LogP contribution in [0.5, 0.6) is 0 Å². The van der Waals surface area contributed by atoms with Crippen molar-refractivity contribution in [2.75, 3.05) is 5.32 Å². The standard InChI is InChI=1S/C24H27FN4OS/c1-14(2)18-10-7-8-15(3)21(18)26-23(30)16(4)31-24-28-27-22(29(24)17-12-13-17)19-9-5-6-11-20(19)25/h5-11,14,16-17H,12-13H2,1-4H3,(H,26,30). The lowest BCUT2D eigenvalue weighted by Gasteiger charge is -2.18. The number of nitrogens with one attached hydrogen (secondary N) is 1. The van der Waals surface area contributed by atoms with Crippen LogP contribution < -0.4 is 5.32 Å². The van der Waals surface area contributed by atoms with Crippen LogP contribution in [0.25, 0.3) is 11.4 Å². The summed E-state index contributed by atoms with van der Waals surface area (Å²) in [6, 6.07) is 12.9. The number of thioether (sulfide) groups is 1. The lowest BCUT2D eigenvalue weighted by molar-refractivity contribution is -0.115. The Bertz CT molecular complexity index is 1110. The summed E-state index contributed by atoms with van der Waals surface area (Å²) in [5, 5.41) is 12.0. The predicted molar refractivity (Wildman–Crippen MR) is 123 cm³/mol. The van der Waals surface area contributed by atoms with E-state index in [2.05, 4.69) is 35.4 Å². The minimum absolute atomic E-state index is 0.0843. The molecule has 1 N–H and O–H groups in total. The quantitative estimate of drug-likeness (QED) is 0.462. The van der Waals surface area contributed by atoms with E-state index in [1.807, 2.05) is 30.5 Å². The van der Waals surface area contributed by atoms with Gasteiger partial charge < -0.3 is 5.32 Å². The Balaban J connectivity index is 1.57. The van der Waals surface area contributed by atoms with E-state index in [1.165, 1.54) is 17.8 Å². The number of aromatic nitrogens is 3. The van der Waals surface area contributed by atoms with Gasteiger partial charge in [0.15, 0.2) is 11.0 Å². The van der Waals surface area contributed by atoms with Crippen molar-refractivity contribution < 1.29 is 9.18 Å². The van der Waals surface area contributed by atoms with Crippen molar-refractivity contribution in [3.05, 3.63) is 59.4 Å². The van der Waals surface area contributed by atoms with Crippen LogP contribution in [0.4, 0.5) is 10.1 Å². The molecular weight excluding hydrogens is 411 g/mol. The number of halogens is 1. The molecule has 4 rings (SSSR count). The average Bonchev–Trinajstić information content (AvgIpc) is 3.50. The number of hydrogen-bond donors (Lipinski definition) is 1. The maximum Gasteiger partial charge on any atom is 0.237 e. The Morgan fingerprint density at radius 1 is 1.13 bits per heavy atom. The summed E-state index contributed by atoms with van der Waals surface area (Å²) in [7, 11) is 0. The fourth-order valence-electron chi connectivity index (χ4n) is 3.62. The summed E-state index contributed by atoms with van der Waals surface area (Å²) in [5.74, 6) is 0.426. The molecule has 5 nitrogen and oxygen atoms in total. The van der Waals surface area contributed by atoms with Gasteiger partial charge in [-0.05, 0) is 55.9 Å². The molecular formula is C24H27FN4OS. The topological polar surface area (TPSA) is 59.8 Å². The molecule has 1 atom stereocenters. The van der Waals surface area contributed by atoms with Gasteiger partial charge in [0, 0.05) is 11.7 Å². The molecule has 3 aromatic rings. The van der Waals surface area contributed by atoms with Gasteiger partial charge in [0.2, 0.25) is 5.91 Å². The number of anilines is 1. The first-order valence-corrected chi connectivity index (χ1v) is 11.5. The third-order valence-corrected chi connectivity index (χ3v) is 6.57. The Morgan fingerprint density at radius 2 is 1.87 bits per heavy atom. The van der Waals surface area contributed by atoms with Crippen LogP contribution in [0.15, 0.2) is 47.6 Å². The smallest absolute Gasteiger partial charge is 0.237 e. The normalized spacial score (nSPS) is 14.6. The van der Waals surface area contributed by atoms with Gasteiger partial charge in [-0.15, -0.1) is 10.2 Å². The summed E-state index contributed by atoms with van der Waals surface area (Å²) in [6.07, 6.45) is 2.02. The molecule has 1 aromatic heterocycles. The number of hydrogen-bond acceptors (Lipinski definition) is 4. The lowest BCUT2D eigenvalue weighted by atomic mass is 9.98. The zero-order valence-electron chi connectivity index (χ0n) is 18.2. The summed E-state index contributed by atoms with van der Waals surface area (Å²) >= 11 is 1.36. The second-order valence-electron chi connectivity index (χ2n) is 8.33. The molecule has 162 valence electrons. The van der Waals surface area contributed by atoms with Gasteiger partial charge in [0.05, 0.1) is 10.8 Å². The molecule has 1 aliphatic carbocycles. The third kappa shape index (κ3) is 4.51. The van der Waals surface area contributed by atoms with Crippen LogP contribution in [0.2, 0.25) is 0 Å². The highest BCUT2D eigenvalue weighted by molar-refractivity contribution is 8.00. The molecule has 0 radical (unpaired) electrons. The van der Waals surface area contributed by atoms with Gasteiger partial charge in [-0.25, -0.2) is 4.39 Å². The molecule has 7 heteroatoms. The molecule has 1 saturated carbocycles. The average molecular weight is 439 g/mol. The minimum Gasteiger partial charge on any atom is -0.325 e. The van der Waals surface area contributed by atoms with E-state index in [0.717, 1.165) is 29.7 Å². The number of nitrogens with zero attached hydrogens (tertiary/aromatic N) is 3. The second-order valence-corrected chi connectivity index (χ2v) is 9.64. The van der Waals surface area contributed by atoms with Crippen molar-refractivity contribution in [1.29, 1.82) is 0 Å². The maximum atomic E-state index is 14.4. The van der Waals surface area contributed by atoms with Gasteiger partial charge >= 0.3 is 0 Å². The van der Waals surface area contributed by atoms with Crippen molar-refractivity contribution in [3.63, 3.8) is 0 Å². The number of benzene rings is 2. The van der Waals surface area contributed by atoms with E-state index in [1.54, 1.807) is 18.2 Å².